The molecule has 0 saturated carbocycles. The maximum absolute atomic E-state index is 12.7. The average Bonchev–Trinajstić information content (AvgIpc) is 3.34. The van der Waals surface area contributed by atoms with Crippen LogP contribution < -0.4 is 0 Å². The molecule has 0 fully saturated rings. The van der Waals surface area contributed by atoms with Crippen LogP contribution in [0.4, 0.5) is 0 Å². The summed E-state index contributed by atoms with van der Waals surface area (Å²) < 4.78 is 16.7. The Bertz CT molecular complexity index is 1500. The second-order valence-electron chi connectivity index (χ2n) is 17.4. The topological polar surface area (TPSA) is 78.9 Å². The third-order valence-corrected chi connectivity index (χ3v) is 10.9. The van der Waals surface area contributed by atoms with Gasteiger partial charge in [-0.3, -0.25) is 14.4 Å². The number of carbonyl (C=O) groups is 3. The molecule has 6 nitrogen and oxygen atoms in total. The zero-order chi connectivity index (χ0) is 49.3. The molecular formula is C62H98O6. The zero-order valence-corrected chi connectivity index (χ0v) is 43.6. The molecule has 0 amide bonds. The number of hydrogen-bond donors (Lipinski definition) is 0. The minimum Gasteiger partial charge on any atom is -0.462 e. The lowest BCUT2D eigenvalue weighted by molar-refractivity contribution is -0.167. The highest BCUT2D eigenvalue weighted by Gasteiger charge is 2.19. The van der Waals surface area contributed by atoms with Crippen LogP contribution in [-0.4, -0.2) is 37.2 Å². The van der Waals surface area contributed by atoms with Crippen molar-refractivity contribution in [1.29, 1.82) is 0 Å². The van der Waals surface area contributed by atoms with Crippen molar-refractivity contribution in [2.24, 2.45) is 0 Å². The van der Waals surface area contributed by atoms with E-state index >= 15 is 0 Å². The standard InChI is InChI=1S/C62H98O6/c1-4-7-10-13-16-18-20-22-24-25-26-27-28-29-30-31-32-33-34-35-36-37-38-40-41-43-46-49-52-55-61(64)67-58-59(57-66-60(63)54-51-48-45-15-12-9-6-3)68-62(65)56-53-50-47-44-42-39-23-21-19-17-14-11-8-5-2/h7,10,14,16-18,21-24,26-27,29-30,32-33,35-36,38,40,43,46,59H,4-6,8-9,11-13,15,19-20,25,28,31,34,37,39,41-42,44-45,47-58H2,1-3H3/b10-7-,17-14-,18-16-,23-21-,24-22-,27-26-,30-29-,33-32-,36-35-,40-38-,46-43-. The average molecular weight is 939 g/mol. The van der Waals surface area contributed by atoms with E-state index in [-0.39, 0.29) is 37.5 Å². The van der Waals surface area contributed by atoms with E-state index in [1.807, 2.05) is 0 Å². The minimum absolute atomic E-state index is 0.105. The number of allylic oxidation sites excluding steroid dienone is 22. The Hall–Kier alpha value is -4.45. The lowest BCUT2D eigenvalue weighted by Gasteiger charge is -2.18. The van der Waals surface area contributed by atoms with Crippen molar-refractivity contribution in [2.75, 3.05) is 13.2 Å². The third kappa shape index (κ3) is 52.5. The Labute approximate surface area is 417 Å². The Morgan fingerprint density at radius 3 is 1.00 bits per heavy atom. The fourth-order valence-electron chi connectivity index (χ4n) is 6.81. The van der Waals surface area contributed by atoms with Gasteiger partial charge in [-0.05, 0) is 109 Å². The van der Waals surface area contributed by atoms with Crippen LogP contribution in [0.15, 0.2) is 134 Å². The smallest absolute Gasteiger partial charge is 0.306 e. The van der Waals surface area contributed by atoms with Crippen molar-refractivity contribution in [3.63, 3.8) is 0 Å². The highest BCUT2D eigenvalue weighted by molar-refractivity contribution is 5.71. The molecule has 68 heavy (non-hydrogen) atoms. The van der Waals surface area contributed by atoms with Crippen LogP contribution in [-0.2, 0) is 28.6 Å². The van der Waals surface area contributed by atoms with E-state index in [0.717, 1.165) is 128 Å². The maximum Gasteiger partial charge on any atom is 0.306 e. The second-order valence-corrected chi connectivity index (χ2v) is 17.4. The van der Waals surface area contributed by atoms with Crippen molar-refractivity contribution >= 4 is 17.9 Å². The Balaban J connectivity index is 4.33. The number of rotatable bonds is 47. The fraction of sp³-hybridized carbons (Fsp3) is 0.597. The predicted octanol–water partition coefficient (Wildman–Crippen LogP) is 18.3. The van der Waals surface area contributed by atoms with Gasteiger partial charge in [0.1, 0.15) is 13.2 Å². The van der Waals surface area contributed by atoms with E-state index in [1.54, 1.807) is 0 Å². The van der Waals surface area contributed by atoms with Gasteiger partial charge < -0.3 is 14.2 Å². The van der Waals surface area contributed by atoms with Gasteiger partial charge in [0.15, 0.2) is 6.10 Å². The molecule has 6 heteroatoms. The van der Waals surface area contributed by atoms with Crippen LogP contribution >= 0.6 is 0 Å². The molecule has 0 aromatic carbocycles. The van der Waals surface area contributed by atoms with Crippen LogP contribution in [0.5, 0.6) is 0 Å². The molecule has 382 valence electrons. The third-order valence-electron chi connectivity index (χ3n) is 10.9. The van der Waals surface area contributed by atoms with E-state index in [0.29, 0.717) is 19.3 Å². The first-order valence-corrected chi connectivity index (χ1v) is 27.2. The molecule has 0 aliphatic heterocycles. The lowest BCUT2D eigenvalue weighted by Crippen LogP contribution is -2.30. The van der Waals surface area contributed by atoms with Gasteiger partial charge in [0.25, 0.3) is 0 Å². The number of unbranched alkanes of at least 4 members (excludes halogenated alkanes) is 14. The molecule has 0 spiro atoms. The Morgan fingerprint density at radius 1 is 0.309 bits per heavy atom. The van der Waals surface area contributed by atoms with Gasteiger partial charge in [0.2, 0.25) is 0 Å². The number of carbonyl (C=O) groups excluding carboxylic acids is 3. The van der Waals surface area contributed by atoms with Crippen LogP contribution in [0.25, 0.3) is 0 Å². The Kier molecular flexibility index (Phi) is 51.5. The fourth-order valence-corrected chi connectivity index (χ4v) is 6.81. The van der Waals surface area contributed by atoms with E-state index < -0.39 is 6.10 Å². The molecule has 0 aromatic heterocycles. The summed E-state index contributed by atoms with van der Waals surface area (Å²) >= 11 is 0. The van der Waals surface area contributed by atoms with Gasteiger partial charge in [-0.2, -0.15) is 0 Å². The number of esters is 3. The normalized spacial score (nSPS) is 13.2. The first-order chi connectivity index (χ1) is 33.5. The van der Waals surface area contributed by atoms with E-state index in [2.05, 4.69) is 154 Å². The SMILES string of the molecule is CC/C=C\C/C=C\C/C=C\C/C=C\C/C=C\C/C=C\C/C=C\C/C=C\C/C=C\CCCC(=O)OCC(COC(=O)CCCCCCCCC)OC(=O)CCCCCCC/C=C\C/C=C\CCCC. The lowest BCUT2D eigenvalue weighted by atomic mass is 10.1. The summed E-state index contributed by atoms with van der Waals surface area (Å²) in [6.07, 6.45) is 77.5. The van der Waals surface area contributed by atoms with Gasteiger partial charge in [-0.1, -0.05) is 225 Å². The van der Waals surface area contributed by atoms with Crippen LogP contribution in [0, 0.1) is 0 Å². The van der Waals surface area contributed by atoms with Gasteiger partial charge in [-0.25, -0.2) is 0 Å². The zero-order valence-electron chi connectivity index (χ0n) is 43.6. The first kappa shape index (κ1) is 63.5. The predicted molar refractivity (Wildman–Crippen MR) is 292 cm³/mol. The molecule has 0 aliphatic rings. The van der Waals surface area contributed by atoms with E-state index in [4.69, 9.17) is 14.2 Å². The van der Waals surface area contributed by atoms with E-state index in [9.17, 15) is 14.4 Å². The second kappa shape index (κ2) is 55.1. The molecule has 0 radical (unpaired) electrons. The molecule has 0 N–H and O–H groups in total. The molecule has 1 atom stereocenters. The minimum atomic E-state index is -0.809. The summed E-state index contributed by atoms with van der Waals surface area (Å²) in [6.45, 7) is 6.36. The van der Waals surface area contributed by atoms with Crippen molar-refractivity contribution in [2.45, 2.75) is 226 Å². The highest BCUT2D eigenvalue weighted by atomic mass is 16.6. The first-order valence-electron chi connectivity index (χ1n) is 27.2. The number of ether oxygens (including phenoxy) is 3. The summed E-state index contributed by atoms with van der Waals surface area (Å²) in [7, 11) is 0. The van der Waals surface area contributed by atoms with Gasteiger partial charge in [0.05, 0.1) is 0 Å². The monoisotopic (exact) mass is 939 g/mol. The summed E-state index contributed by atoms with van der Waals surface area (Å²) in [6, 6.07) is 0. The molecule has 0 aliphatic carbocycles. The molecule has 0 aromatic rings. The summed E-state index contributed by atoms with van der Waals surface area (Å²) in [5, 5.41) is 0. The van der Waals surface area contributed by atoms with Crippen molar-refractivity contribution < 1.29 is 28.6 Å². The molecule has 1 unspecified atom stereocenters. The molecule has 0 saturated heterocycles. The summed E-state index contributed by atoms with van der Waals surface area (Å²) in [4.78, 5) is 37.8. The van der Waals surface area contributed by atoms with Gasteiger partial charge in [-0.15, -0.1) is 0 Å². The highest BCUT2D eigenvalue weighted by Crippen LogP contribution is 2.12. The summed E-state index contributed by atoms with van der Waals surface area (Å²) in [5.41, 5.74) is 0. The van der Waals surface area contributed by atoms with Crippen molar-refractivity contribution in [1.82, 2.24) is 0 Å². The maximum atomic E-state index is 12.7. The largest absolute Gasteiger partial charge is 0.462 e. The number of hydrogen-bond acceptors (Lipinski definition) is 6. The molecule has 0 rings (SSSR count). The quantitative estimate of drug-likeness (QED) is 0.0262. The van der Waals surface area contributed by atoms with Crippen LogP contribution in [0.3, 0.4) is 0 Å². The molecular weight excluding hydrogens is 841 g/mol. The van der Waals surface area contributed by atoms with Gasteiger partial charge >= 0.3 is 17.9 Å². The molecule has 0 bridgehead atoms. The Morgan fingerprint density at radius 2 is 0.603 bits per heavy atom. The van der Waals surface area contributed by atoms with Crippen LogP contribution in [0.2, 0.25) is 0 Å². The van der Waals surface area contributed by atoms with Gasteiger partial charge in [0, 0.05) is 19.3 Å². The summed E-state index contributed by atoms with van der Waals surface area (Å²) in [5.74, 6) is -0.998. The van der Waals surface area contributed by atoms with E-state index in [1.165, 1.54) is 44.9 Å². The van der Waals surface area contributed by atoms with Crippen molar-refractivity contribution in [3.05, 3.63) is 134 Å². The van der Waals surface area contributed by atoms with Crippen LogP contribution in [0.1, 0.15) is 220 Å². The van der Waals surface area contributed by atoms with Crippen molar-refractivity contribution in [3.8, 4) is 0 Å². The molecule has 0 heterocycles.